The summed E-state index contributed by atoms with van der Waals surface area (Å²) in [4.78, 5) is 5.03. The second kappa shape index (κ2) is 12.7. The van der Waals surface area contributed by atoms with Gasteiger partial charge in [-0.05, 0) is 67.0 Å². The van der Waals surface area contributed by atoms with Crippen LogP contribution in [-0.4, -0.2) is 39.6 Å². The molecule has 196 valence electrons. The number of nitrogens with zero attached hydrogens (tertiary/aromatic N) is 1. The SMILES string of the molecule is CCCCC1(CC)CSc2ccc(SC)cc2N(c2ccc(F)cc2)C1.COS(=O)(=O)C(F)(F)F. The van der Waals surface area contributed by atoms with E-state index < -0.39 is 15.6 Å². The van der Waals surface area contributed by atoms with E-state index in [4.69, 9.17) is 0 Å². The van der Waals surface area contributed by atoms with Gasteiger partial charge in [-0.25, -0.2) is 4.39 Å². The molecule has 0 bridgehead atoms. The van der Waals surface area contributed by atoms with E-state index in [9.17, 15) is 26.0 Å². The Bertz CT molecular complexity index is 1060. The lowest BCUT2D eigenvalue weighted by molar-refractivity contribution is -0.0526. The van der Waals surface area contributed by atoms with Crippen LogP contribution in [0.2, 0.25) is 0 Å². The summed E-state index contributed by atoms with van der Waals surface area (Å²) in [6.07, 6.45) is 7.02. The van der Waals surface area contributed by atoms with Crippen LogP contribution in [0.15, 0.2) is 52.3 Å². The van der Waals surface area contributed by atoms with Crippen LogP contribution in [0.1, 0.15) is 39.5 Å². The quantitative estimate of drug-likeness (QED) is 0.151. The van der Waals surface area contributed by atoms with Crippen molar-refractivity contribution in [2.24, 2.45) is 5.41 Å². The summed E-state index contributed by atoms with van der Waals surface area (Å²) in [5, 5.41) is 0. The topological polar surface area (TPSA) is 46.6 Å². The van der Waals surface area contributed by atoms with Gasteiger partial charge in [0, 0.05) is 27.8 Å². The van der Waals surface area contributed by atoms with Gasteiger partial charge in [0.05, 0.1) is 12.8 Å². The molecule has 1 aliphatic heterocycles. The highest BCUT2D eigenvalue weighted by molar-refractivity contribution is 7.99. The molecule has 0 amide bonds. The number of thioether (sulfide) groups is 2. The predicted octanol–water partition coefficient (Wildman–Crippen LogP) is 7.86. The summed E-state index contributed by atoms with van der Waals surface area (Å²) in [5.74, 6) is 0.969. The van der Waals surface area contributed by atoms with E-state index in [0.717, 1.165) is 18.0 Å². The first-order valence-corrected chi connectivity index (χ1v) is 14.7. The third kappa shape index (κ3) is 7.77. The number of alkyl halides is 3. The molecule has 1 atom stereocenters. The van der Waals surface area contributed by atoms with E-state index in [-0.39, 0.29) is 11.2 Å². The van der Waals surface area contributed by atoms with Crippen molar-refractivity contribution in [3.05, 3.63) is 48.3 Å². The van der Waals surface area contributed by atoms with Gasteiger partial charge in [0.2, 0.25) is 0 Å². The first-order chi connectivity index (χ1) is 16.4. The predicted molar refractivity (Wildman–Crippen MR) is 137 cm³/mol. The third-order valence-electron chi connectivity index (χ3n) is 5.94. The van der Waals surface area contributed by atoms with Gasteiger partial charge >= 0.3 is 15.6 Å². The summed E-state index contributed by atoms with van der Waals surface area (Å²) in [7, 11) is -4.89. The molecule has 0 spiro atoms. The molecule has 1 unspecified atom stereocenters. The lowest BCUT2D eigenvalue weighted by Gasteiger charge is -2.36. The van der Waals surface area contributed by atoms with Crippen molar-refractivity contribution in [2.45, 2.75) is 54.8 Å². The summed E-state index contributed by atoms with van der Waals surface area (Å²) in [6, 6.07) is 13.7. The van der Waals surface area contributed by atoms with Crippen molar-refractivity contribution in [1.82, 2.24) is 0 Å². The number of fused-ring (bicyclic) bond motifs is 1. The maximum absolute atomic E-state index is 13.5. The normalized spacial score (nSPS) is 18.3. The molecule has 0 N–H and O–H groups in total. The molecule has 3 rings (SSSR count). The largest absolute Gasteiger partial charge is 0.523 e. The van der Waals surface area contributed by atoms with E-state index in [1.807, 2.05) is 23.9 Å². The van der Waals surface area contributed by atoms with E-state index >= 15 is 0 Å². The van der Waals surface area contributed by atoms with Crippen LogP contribution in [0, 0.1) is 11.2 Å². The number of unbranched alkanes of at least 4 members (excludes halogenated alkanes) is 1. The highest BCUT2D eigenvalue weighted by atomic mass is 32.2. The molecular formula is C24H31F4NO3S3. The van der Waals surface area contributed by atoms with Crippen molar-refractivity contribution in [1.29, 1.82) is 0 Å². The van der Waals surface area contributed by atoms with Gasteiger partial charge in [-0.1, -0.05) is 26.7 Å². The molecule has 4 nitrogen and oxygen atoms in total. The Balaban J connectivity index is 0.000000410. The van der Waals surface area contributed by atoms with Crippen LogP contribution in [0.5, 0.6) is 0 Å². The standard InChI is InChI=1S/C22H28FNS2.C2H3F3O3S/c1-4-6-13-22(5-2)15-24(18-9-7-17(23)8-10-18)20-14-19(25-3)11-12-21(20)26-16-22;1-8-9(6,7)2(3,4)5/h7-12,14H,4-6,13,15-16H2,1-3H3;1H3. The highest BCUT2D eigenvalue weighted by Crippen LogP contribution is 2.47. The van der Waals surface area contributed by atoms with E-state index in [1.54, 1.807) is 23.9 Å². The maximum atomic E-state index is 13.5. The smallest absolute Gasteiger partial charge is 0.340 e. The summed E-state index contributed by atoms with van der Waals surface area (Å²) in [5.41, 5.74) is -2.67. The van der Waals surface area contributed by atoms with Crippen molar-refractivity contribution >= 4 is 45.0 Å². The van der Waals surface area contributed by atoms with Gasteiger partial charge in [0.25, 0.3) is 0 Å². The van der Waals surface area contributed by atoms with Crippen molar-refractivity contribution < 1.29 is 30.2 Å². The van der Waals surface area contributed by atoms with E-state index in [0.29, 0.717) is 7.11 Å². The minimum atomic E-state index is -5.34. The van der Waals surface area contributed by atoms with Crippen molar-refractivity contribution in [3.63, 3.8) is 0 Å². The number of hydrogen-bond donors (Lipinski definition) is 0. The molecule has 2 aromatic rings. The van der Waals surface area contributed by atoms with Gasteiger partial charge in [0.15, 0.2) is 0 Å². The summed E-state index contributed by atoms with van der Waals surface area (Å²) < 4.78 is 69.4. The van der Waals surface area contributed by atoms with Crippen LogP contribution in [0.3, 0.4) is 0 Å². The highest BCUT2D eigenvalue weighted by Gasteiger charge is 2.46. The Labute approximate surface area is 213 Å². The lowest BCUT2D eigenvalue weighted by atomic mass is 9.81. The van der Waals surface area contributed by atoms with Gasteiger partial charge in [-0.15, -0.1) is 23.5 Å². The van der Waals surface area contributed by atoms with Crippen LogP contribution in [-0.2, 0) is 14.3 Å². The Morgan fingerprint density at radius 3 is 2.29 bits per heavy atom. The fraction of sp³-hybridized carbons (Fsp3) is 0.500. The zero-order valence-electron chi connectivity index (χ0n) is 20.2. The minimum absolute atomic E-state index is 0.177. The molecule has 1 aliphatic rings. The number of benzene rings is 2. The Kier molecular flexibility index (Phi) is 10.8. The average molecular weight is 554 g/mol. The van der Waals surface area contributed by atoms with E-state index in [2.05, 4.69) is 47.4 Å². The monoisotopic (exact) mass is 553 g/mol. The number of halogens is 4. The molecule has 11 heteroatoms. The average Bonchev–Trinajstić information content (AvgIpc) is 3.00. The molecule has 0 aliphatic carbocycles. The van der Waals surface area contributed by atoms with Crippen molar-refractivity contribution in [2.75, 3.05) is 30.6 Å². The fourth-order valence-corrected chi connectivity index (χ4v) is 5.70. The van der Waals surface area contributed by atoms with Crippen LogP contribution in [0.4, 0.5) is 28.9 Å². The zero-order valence-corrected chi connectivity index (χ0v) is 22.6. The molecular weight excluding hydrogens is 522 g/mol. The molecule has 0 radical (unpaired) electrons. The molecule has 0 aromatic heterocycles. The van der Waals surface area contributed by atoms with Gasteiger partial charge < -0.3 is 4.90 Å². The Morgan fingerprint density at radius 2 is 1.80 bits per heavy atom. The molecule has 0 saturated heterocycles. The van der Waals surface area contributed by atoms with Crippen LogP contribution < -0.4 is 4.90 Å². The first-order valence-electron chi connectivity index (χ1n) is 11.1. The first kappa shape index (κ1) is 29.8. The zero-order chi connectivity index (χ0) is 26.3. The van der Waals surface area contributed by atoms with E-state index in [1.165, 1.54) is 41.2 Å². The van der Waals surface area contributed by atoms with Gasteiger partial charge in [0.1, 0.15) is 5.82 Å². The lowest BCUT2D eigenvalue weighted by Crippen LogP contribution is -2.36. The number of hydrogen-bond acceptors (Lipinski definition) is 6. The number of rotatable bonds is 7. The van der Waals surface area contributed by atoms with Crippen LogP contribution >= 0.6 is 23.5 Å². The van der Waals surface area contributed by atoms with Crippen molar-refractivity contribution in [3.8, 4) is 0 Å². The molecule has 35 heavy (non-hydrogen) atoms. The molecule has 1 heterocycles. The second-order valence-corrected chi connectivity index (χ2v) is 11.8. The molecule has 0 saturated carbocycles. The van der Waals surface area contributed by atoms with Gasteiger partial charge in [-0.2, -0.15) is 21.6 Å². The fourth-order valence-electron chi connectivity index (χ4n) is 3.69. The summed E-state index contributed by atoms with van der Waals surface area (Å²) >= 11 is 3.76. The third-order valence-corrected chi connectivity index (χ3v) is 9.08. The Hall–Kier alpha value is -1.43. The second-order valence-electron chi connectivity index (χ2n) is 8.21. The number of anilines is 2. The molecule has 0 fully saturated rings. The molecule has 2 aromatic carbocycles. The van der Waals surface area contributed by atoms with Gasteiger partial charge in [-0.3, -0.25) is 4.18 Å². The maximum Gasteiger partial charge on any atom is 0.523 e. The van der Waals surface area contributed by atoms with Crippen LogP contribution in [0.25, 0.3) is 0 Å². The Morgan fingerprint density at radius 1 is 1.14 bits per heavy atom. The minimum Gasteiger partial charge on any atom is -0.340 e. The summed E-state index contributed by atoms with van der Waals surface area (Å²) in [6.45, 7) is 5.58.